The van der Waals surface area contributed by atoms with E-state index in [0.717, 1.165) is 5.56 Å². The number of carbonyl (C=O) groups is 2. The first kappa shape index (κ1) is 14.2. The van der Waals surface area contributed by atoms with Gasteiger partial charge in [-0.15, -0.1) is 0 Å². The molecule has 0 aromatic heterocycles. The first-order chi connectivity index (χ1) is 8.45. The van der Waals surface area contributed by atoms with Crippen LogP contribution < -0.4 is 5.32 Å². The Morgan fingerprint density at radius 3 is 2.06 bits per heavy atom. The highest BCUT2D eigenvalue weighted by atomic mass is 16.4. The summed E-state index contributed by atoms with van der Waals surface area (Å²) in [6.07, 6.45) is 0.715. The van der Waals surface area contributed by atoms with Gasteiger partial charge in [0.1, 0.15) is 5.54 Å². The smallest absolute Gasteiger partial charge is 0.329 e. The normalized spacial score (nSPS) is 11.1. The molecule has 0 bridgehead atoms. The van der Waals surface area contributed by atoms with Gasteiger partial charge < -0.3 is 10.4 Å². The Kier molecular flexibility index (Phi) is 4.48. The fourth-order valence-electron chi connectivity index (χ4n) is 1.78. The molecule has 0 spiro atoms. The second-order valence-corrected chi connectivity index (χ2v) is 4.41. The quantitative estimate of drug-likeness (QED) is 0.841. The van der Waals surface area contributed by atoms with Gasteiger partial charge in [-0.25, -0.2) is 4.79 Å². The van der Waals surface area contributed by atoms with Gasteiger partial charge >= 0.3 is 5.97 Å². The van der Waals surface area contributed by atoms with Gasteiger partial charge in [-0.2, -0.15) is 0 Å². The van der Waals surface area contributed by atoms with Crippen molar-refractivity contribution < 1.29 is 14.7 Å². The molecule has 1 amide bonds. The van der Waals surface area contributed by atoms with Crippen LogP contribution in [-0.4, -0.2) is 22.5 Å². The van der Waals surface area contributed by atoms with Crippen molar-refractivity contribution in [1.82, 2.24) is 5.32 Å². The highest BCUT2D eigenvalue weighted by molar-refractivity contribution is 5.97. The summed E-state index contributed by atoms with van der Waals surface area (Å²) in [6, 6.07) is 7.05. The third-order valence-corrected chi connectivity index (χ3v) is 3.28. The first-order valence-corrected chi connectivity index (χ1v) is 6.07. The summed E-state index contributed by atoms with van der Waals surface area (Å²) >= 11 is 0. The van der Waals surface area contributed by atoms with Crippen molar-refractivity contribution in [2.24, 2.45) is 0 Å². The lowest BCUT2D eigenvalue weighted by molar-refractivity contribution is -0.144. The topological polar surface area (TPSA) is 66.4 Å². The van der Waals surface area contributed by atoms with Crippen LogP contribution in [0.15, 0.2) is 24.3 Å². The Morgan fingerprint density at radius 1 is 1.17 bits per heavy atom. The van der Waals surface area contributed by atoms with Crippen LogP contribution in [0.25, 0.3) is 0 Å². The highest BCUT2D eigenvalue weighted by Crippen LogP contribution is 2.16. The monoisotopic (exact) mass is 249 g/mol. The first-order valence-electron chi connectivity index (χ1n) is 6.07. The van der Waals surface area contributed by atoms with Crippen molar-refractivity contribution in [2.45, 2.75) is 39.2 Å². The molecule has 0 saturated heterocycles. The number of nitrogens with one attached hydrogen (secondary N) is 1. The number of hydrogen-bond donors (Lipinski definition) is 2. The number of hydrogen-bond acceptors (Lipinski definition) is 2. The number of aliphatic carboxylic acids is 1. The lowest BCUT2D eigenvalue weighted by Crippen LogP contribution is -2.53. The number of amides is 1. The van der Waals surface area contributed by atoms with Crippen LogP contribution >= 0.6 is 0 Å². The van der Waals surface area contributed by atoms with Crippen LogP contribution in [0, 0.1) is 6.92 Å². The third-order valence-electron chi connectivity index (χ3n) is 3.28. The van der Waals surface area contributed by atoms with E-state index in [1.165, 1.54) is 0 Å². The Bertz CT molecular complexity index is 433. The average Bonchev–Trinajstić information content (AvgIpc) is 2.36. The molecule has 1 rings (SSSR count). The fraction of sp³-hybridized carbons (Fsp3) is 0.429. The Morgan fingerprint density at radius 2 is 1.67 bits per heavy atom. The van der Waals surface area contributed by atoms with Crippen LogP contribution in [0.4, 0.5) is 0 Å². The molecule has 0 aliphatic heterocycles. The second-order valence-electron chi connectivity index (χ2n) is 4.41. The predicted molar refractivity (Wildman–Crippen MR) is 69.6 cm³/mol. The van der Waals surface area contributed by atoms with Gasteiger partial charge in [0.15, 0.2) is 0 Å². The lowest BCUT2D eigenvalue weighted by Gasteiger charge is -2.28. The fourth-order valence-corrected chi connectivity index (χ4v) is 1.78. The summed E-state index contributed by atoms with van der Waals surface area (Å²) in [5.74, 6) is -1.34. The van der Waals surface area contributed by atoms with Crippen molar-refractivity contribution >= 4 is 11.9 Å². The van der Waals surface area contributed by atoms with Crippen LogP contribution in [0.3, 0.4) is 0 Å². The molecular formula is C14H19NO3. The molecule has 0 unspecified atom stereocenters. The van der Waals surface area contributed by atoms with Crippen LogP contribution in [0.2, 0.25) is 0 Å². The van der Waals surface area contributed by atoms with E-state index < -0.39 is 11.5 Å². The summed E-state index contributed by atoms with van der Waals surface area (Å²) in [5.41, 5.74) is 0.359. The number of rotatable bonds is 5. The van der Waals surface area contributed by atoms with Crippen LogP contribution in [0.1, 0.15) is 42.6 Å². The SMILES string of the molecule is CCC(CC)(NC(=O)c1ccc(C)cc1)C(=O)O. The minimum Gasteiger partial charge on any atom is -0.480 e. The zero-order chi connectivity index (χ0) is 13.8. The van der Waals surface area contributed by atoms with Gasteiger partial charge in [0.05, 0.1) is 0 Å². The summed E-state index contributed by atoms with van der Waals surface area (Å²) < 4.78 is 0. The predicted octanol–water partition coefficient (Wildman–Crippen LogP) is 2.37. The van der Waals surface area contributed by atoms with Crippen molar-refractivity contribution in [3.63, 3.8) is 0 Å². The molecule has 0 aliphatic rings. The number of carboxylic acid groups (broad SMARTS) is 1. The summed E-state index contributed by atoms with van der Waals surface area (Å²) in [5, 5.41) is 11.9. The van der Waals surface area contributed by atoms with Crippen LogP contribution in [0.5, 0.6) is 0 Å². The average molecular weight is 249 g/mol. The van der Waals surface area contributed by atoms with E-state index in [0.29, 0.717) is 18.4 Å². The van der Waals surface area contributed by atoms with Gasteiger partial charge in [-0.3, -0.25) is 4.79 Å². The number of aryl methyl sites for hydroxylation is 1. The van der Waals surface area contributed by atoms with E-state index in [4.69, 9.17) is 0 Å². The van der Waals surface area contributed by atoms with E-state index in [-0.39, 0.29) is 5.91 Å². The molecule has 0 aliphatic carbocycles. The van der Waals surface area contributed by atoms with Gasteiger partial charge in [0.2, 0.25) is 0 Å². The van der Waals surface area contributed by atoms with E-state index in [1.807, 2.05) is 19.1 Å². The Labute approximate surface area is 107 Å². The molecule has 4 heteroatoms. The largest absolute Gasteiger partial charge is 0.480 e. The second kappa shape index (κ2) is 5.67. The minimum atomic E-state index is -1.18. The maximum Gasteiger partial charge on any atom is 0.329 e. The standard InChI is InChI=1S/C14H19NO3/c1-4-14(5-2,13(17)18)15-12(16)11-8-6-10(3)7-9-11/h6-9H,4-5H2,1-3H3,(H,15,16)(H,17,18). The molecule has 98 valence electrons. The van der Waals surface area contributed by atoms with Gasteiger partial charge in [0, 0.05) is 5.56 Å². The molecule has 1 aromatic rings. The summed E-state index contributed by atoms with van der Waals surface area (Å²) in [7, 11) is 0. The zero-order valence-electron chi connectivity index (χ0n) is 11.0. The minimum absolute atomic E-state index is 0.346. The van der Waals surface area contributed by atoms with Crippen LogP contribution in [-0.2, 0) is 4.79 Å². The molecular weight excluding hydrogens is 230 g/mol. The molecule has 0 fully saturated rings. The third kappa shape index (κ3) is 2.88. The van der Waals surface area contributed by atoms with E-state index in [2.05, 4.69) is 5.32 Å². The maximum atomic E-state index is 12.0. The van der Waals surface area contributed by atoms with E-state index in [1.54, 1.807) is 26.0 Å². The molecule has 4 nitrogen and oxygen atoms in total. The van der Waals surface area contributed by atoms with Gasteiger partial charge in [-0.1, -0.05) is 31.5 Å². The molecule has 0 heterocycles. The van der Waals surface area contributed by atoms with Crippen molar-refractivity contribution in [1.29, 1.82) is 0 Å². The van der Waals surface area contributed by atoms with Gasteiger partial charge in [-0.05, 0) is 31.9 Å². The maximum absolute atomic E-state index is 12.0. The summed E-state index contributed by atoms with van der Waals surface area (Å²) in [4.78, 5) is 23.3. The Hall–Kier alpha value is -1.84. The highest BCUT2D eigenvalue weighted by Gasteiger charge is 2.36. The zero-order valence-corrected chi connectivity index (χ0v) is 11.0. The molecule has 18 heavy (non-hydrogen) atoms. The van der Waals surface area contributed by atoms with E-state index in [9.17, 15) is 14.7 Å². The van der Waals surface area contributed by atoms with Crippen molar-refractivity contribution in [3.05, 3.63) is 35.4 Å². The number of carbonyl (C=O) groups excluding carboxylic acids is 1. The Balaban J connectivity index is 2.91. The lowest BCUT2D eigenvalue weighted by atomic mass is 9.92. The molecule has 1 aromatic carbocycles. The van der Waals surface area contributed by atoms with Crippen molar-refractivity contribution in [3.8, 4) is 0 Å². The molecule has 0 radical (unpaired) electrons. The van der Waals surface area contributed by atoms with Gasteiger partial charge in [0.25, 0.3) is 5.91 Å². The number of carboxylic acids is 1. The van der Waals surface area contributed by atoms with Crippen molar-refractivity contribution in [2.75, 3.05) is 0 Å². The molecule has 0 atom stereocenters. The number of benzene rings is 1. The summed E-state index contributed by atoms with van der Waals surface area (Å²) in [6.45, 7) is 5.45. The molecule has 0 saturated carbocycles. The molecule has 2 N–H and O–H groups in total. The van der Waals surface area contributed by atoms with E-state index >= 15 is 0 Å².